The van der Waals surface area contributed by atoms with Gasteiger partial charge in [0, 0.05) is 18.2 Å². The van der Waals surface area contributed by atoms with E-state index >= 15 is 0 Å². The Labute approximate surface area is 142 Å². The molecule has 4 nitrogen and oxygen atoms in total. The van der Waals surface area contributed by atoms with E-state index in [-0.39, 0.29) is 24.4 Å². The first kappa shape index (κ1) is 17.3. The third-order valence-corrected chi connectivity index (χ3v) is 3.86. The van der Waals surface area contributed by atoms with Crippen molar-refractivity contribution in [2.24, 2.45) is 11.7 Å². The fraction of sp³-hybridized carbons (Fsp3) is 0.278. The molecule has 2 aromatic rings. The molecule has 1 saturated carbocycles. The highest BCUT2D eigenvalue weighted by molar-refractivity contribution is 5.94. The maximum atomic E-state index is 12.2. The summed E-state index contributed by atoms with van der Waals surface area (Å²) in [5.41, 5.74) is 6.34. The van der Waals surface area contributed by atoms with Crippen LogP contribution < -0.4 is 15.8 Å². The molecule has 1 aliphatic carbocycles. The van der Waals surface area contributed by atoms with Gasteiger partial charge in [0.15, 0.2) is 0 Å². The zero-order valence-electron chi connectivity index (χ0n) is 12.8. The van der Waals surface area contributed by atoms with Gasteiger partial charge in [-0.05, 0) is 55.2 Å². The molecule has 23 heavy (non-hydrogen) atoms. The Morgan fingerprint density at radius 2 is 1.70 bits per heavy atom. The number of amides is 1. The smallest absolute Gasteiger partial charge is 0.251 e. The van der Waals surface area contributed by atoms with Gasteiger partial charge in [0.1, 0.15) is 11.5 Å². The van der Waals surface area contributed by atoms with Crippen molar-refractivity contribution in [1.29, 1.82) is 0 Å². The Hall–Kier alpha value is -2.04. The van der Waals surface area contributed by atoms with E-state index in [1.807, 2.05) is 30.3 Å². The lowest BCUT2D eigenvalue weighted by Gasteiger charge is -2.16. The summed E-state index contributed by atoms with van der Waals surface area (Å²) in [7, 11) is 0. The van der Waals surface area contributed by atoms with Gasteiger partial charge in [0.05, 0.1) is 0 Å². The van der Waals surface area contributed by atoms with Crippen molar-refractivity contribution in [3.8, 4) is 11.5 Å². The molecule has 0 radical (unpaired) electrons. The SMILES string of the molecule is Cl.NCC(NC(=O)c1ccc(Oc2ccccc2)cc1)C1CC1. The highest BCUT2D eigenvalue weighted by atomic mass is 35.5. The molecule has 0 aliphatic heterocycles. The highest BCUT2D eigenvalue weighted by Crippen LogP contribution is 2.32. The van der Waals surface area contributed by atoms with Gasteiger partial charge in [-0.2, -0.15) is 0 Å². The van der Waals surface area contributed by atoms with Crippen LogP contribution in [0.1, 0.15) is 23.2 Å². The summed E-state index contributed by atoms with van der Waals surface area (Å²) < 4.78 is 5.71. The standard InChI is InChI=1S/C18H20N2O2.ClH/c19-12-17(13-6-7-13)20-18(21)14-8-10-16(11-9-14)22-15-4-2-1-3-5-15;/h1-5,8-11,13,17H,6-7,12,19H2,(H,20,21);1H. The number of ether oxygens (including phenoxy) is 1. The molecule has 1 fully saturated rings. The van der Waals surface area contributed by atoms with Gasteiger partial charge in [-0.25, -0.2) is 0 Å². The fourth-order valence-electron chi connectivity index (χ4n) is 2.42. The van der Waals surface area contributed by atoms with E-state index in [9.17, 15) is 4.79 Å². The Bertz CT molecular complexity index is 627. The number of para-hydroxylation sites is 1. The molecule has 2 aromatic carbocycles. The van der Waals surface area contributed by atoms with Gasteiger partial charge >= 0.3 is 0 Å². The zero-order valence-corrected chi connectivity index (χ0v) is 13.6. The minimum atomic E-state index is -0.0754. The lowest BCUT2D eigenvalue weighted by molar-refractivity contribution is 0.0933. The lowest BCUT2D eigenvalue weighted by atomic mass is 10.1. The van der Waals surface area contributed by atoms with Gasteiger partial charge in [0.2, 0.25) is 0 Å². The molecule has 0 aromatic heterocycles. The number of nitrogens with one attached hydrogen (secondary N) is 1. The Kier molecular flexibility index (Phi) is 6.02. The van der Waals surface area contributed by atoms with Crippen LogP contribution in [0.4, 0.5) is 0 Å². The number of hydrogen-bond acceptors (Lipinski definition) is 3. The van der Waals surface area contributed by atoms with Crippen LogP contribution in [0.2, 0.25) is 0 Å². The molecule has 0 saturated heterocycles. The molecule has 1 amide bonds. The second kappa shape index (κ2) is 7.99. The molecule has 5 heteroatoms. The van der Waals surface area contributed by atoms with Gasteiger partial charge in [-0.1, -0.05) is 18.2 Å². The average Bonchev–Trinajstić information content (AvgIpc) is 3.39. The second-order valence-corrected chi connectivity index (χ2v) is 5.59. The van der Waals surface area contributed by atoms with Crippen molar-refractivity contribution in [1.82, 2.24) is 5.32 Å². The van der Waals surface area contributed by atoms with Gasteiger partial charge in [-0.3, -0.25) is 4.79 Å². The molecule has 0 bridgehead atoms. The lowest BCUT2D eigenvalue weighted by Crippen LogP contribution is -2.41. The maximum absolute atomic E-state index is 12.2. The quantitative estimate of drug-likeness (QED) is 0.852. The summed E-state index contributed by atoms with van der Waals surface area (Å²) in [5, 5.41) is 3.01. The molecule has 1 aliphatic rings. The van der Waals surface area contributed by atoms with Gasteiger partial charge < -0.3 is 15.8 Å². The number of hydrogen-bond donors (Lipinski definition) is 2. The third-order valence-electron chi connectivity index (χ3n) is 3.86. The predicted molar refractivity (Wildman–Crippen MR) is 93.2 cm³/mol. The van der Waals surface area contributed by atoms with Crippen molar-refractivity contribution >= 4 is 18.3 Å². The van der Waals surface area contributed by atoms with Gasteiger partial charge in [0.25, 0.3) is 5.91 Å². The fourth-order valence-corrected chi connectivity index (χ4v) is 2.42. The van der Waals surface area contributed by atoms with E-state index in [1.54, 1.807) is 24.3 Å². The Morgan fingerprint density at radius 1 is 1.09 bits per heavy atom. The summed E-state index contributed by atoms with van der Waals surface area (Å²) in [5.74, 6) is 1.96. The molecule has 0 spiro atoms. The summed E-state index contributed by atoms with van der Waals surface area (Å²) in [6, 6.07) is 16.8. The minimum Gasteiger partial charge on any atom is -0.457 e. The number of rotatable bonds is 6. The molecule has 122 valence electrons. The van der Waals surface area contributed by atoms with Crippen LogP contribution in [0, 0.1) is 5.92 Å². The number of benzene rings is 2. The van der Waals surface area contributed by atoms with E-state index in [0.717, 1.165) is 18.6 Å². The number of carbonyl (C=O) groups is 1. The first-order valence-corrected chi connectivity index (χ1v) is 7.60. The molecular formula is C18H21ClN2O2. The van der Waals surface area contributed by atoms with E-state index in [0.29, 0.717) is 23.8 Å². The molecule has 1 unspecified atom stereocenters. The maximum Gasteiger partial charge on any atom is 0.251 e. The van der Waals surface area contributed by atoms with E-state index in [2.05, 4.69) is 5.32 Å². The van der Waals surface area contributed by atoms with Crippen LogP contribution in [-0.2, 0) is 0 Å². The first-order valence-electron chi connectivity index (χ1n) is 7.60. The molecular weight excluding hydrogens is 312 g/mol. The summed E-state index contributed by atoms with van der Waals surface area (Å²) >= 11 is 0. The third kappa shape index (κ3) is 4.71. The number of nitrogens with two attached hydrogens (primary N) is 1. The van der Waals surface area contributed by atoms with Crippen molar-refractivity contribution < 1.29 is 9.53 Å². The van der Waals surface area contributed by atoms with Crippen LogP contribution >= 0.6 is 12.4 Å². The van der Waals surface area contributed by atoms with E-state index < -0.39 is 0 Å². The molecule has 3 N–H and O–H groups in total. The monoisotopic (exact) mass is 332 g/mol. The topological polar surface area (TPSA) is 64.3 Å². The van der Waals surface area contributed by atoms with Crippen LogP contribution in [0.15, 0.2) is 54.6 Å². The van der Waals surface area contributed by atoms with Crippen molar-refractivity contribution in [3.63, 3.8) is 0 Å². The summed E-state index contributed by atoms with van der Waals surface area (Å²) in [6.07, 6.45) is 2.32. The second-order valence-electron chi connectivity index (χ2n) is 5.59. The normalized spacial score (nSPS) is 14.5. The molecule has 3 rings (SSSR count). The van der Waals surface area contributed by atoms with Crippen LogP contribution in [0.25, 0.3) is 0 Å². The van der Waals surface area contributed by atoms with Crippen LogP contribution in [-0.4, -0.2) is 18.5 Å². The molecule has 1 atom stereocenters. The van der Waals surface area contributed by atoms with Crippen LogP contribution in [0.5, 0.6) is 11.5 Å². The van der Waals surface area contributed by atoms with Crippen LogP contribution in [0.3, 0.4) is 0 Å². The van der Waals surface area contributed by atoms with Crippen molar-refractivity contribution in [2.75, 3.05) is 6.54 Å². The highest BCUT2D eigenvalue weighted by Gasteiger charge is 2.31. The Morgan fingerprint density at radius 3 is 2.26 bits per heavy atom. The first-order chi connectivity index (χ1) is 10.8. The number of carbonyl (C=O) groups excluding carboxylic acids is 1. The van der Waals surface area contributed by atoms with E-state index in [4.69, 9.17) is 10.5 Å². The number of halogens is 1. The Balaban J connectivity index is 0.00000192. The van der Waals surface area contributed by atoms with Crippen molar-refractivity contribution in [3.05, 3.63) is 60.2 Å². The van der Waals surface area contributed by atoms with Gasteiger partial charge in [-0.15, -0.1) is 12.4 Å². The minimum absolute atomic E-state index is 0. The van der Waals surface area contributed by atoms with E-state index in [1.165, 1.54) is 0 Å². The summed E-state index contributed by atoms with van der Waals surface area (Å²) in [6.45, 7) is 0.492. The predicted octanol–water partition coefficient (Wildman–Crippen LogP) is 3.37. The zero-order chi connectivity index (χ0) is 15.4. The van der Waals surface area contributed by atoms with Crippen molar-refractivity contribution in [2.45, 2.75) is 18.9 Å². The largest absolute Gasteiger partial charge is 0.457 e. The average molecular weight is 333 g/mol. The molecule has 0 heterocycles. The summed E-state index contributed by atoms with van der Waals surface area (Å²) in [4.78, 5) is 12.2.